The number of nitrogens with zero attached hydrogens (tertiary/aromatic N) is 2. The van der Waals surface area contributed by atoms with Gasteiger partial charge in [-0.15, -0.1) is 0 Å². The van der Waals surface area contributed by atoms with E-state index in [9.17, 15) is 4.79 Å². The zero-order valence-corrected chi connectivity index (χ0v) is 9.05. The fourth-order valence-corrected chi connectivity index (χ4v) is 1.77. The monoisotopic (exact) mass is 232 g/mol. The van der Waals surface area contributed by atoms with E-state index in [0.717, 1.165) is 0 Å². The Hall–Kier alpha value is -0.540. The van der Waals surface area contributed by atoms with E-state index < -0.39 is 0 Å². The third-order valence-corrected chi connectivity index (χ3v) is 3.35. The zero-order chi connectivity index (χ0) is 10.1. The summed E-state index contributed by atoms with van der Waals surface area (Å²) < 4.78 is 1.40. The highest BCUT2D eigenvalue weighted by atomic mass is 35.5. The second-order valence-electron chi connectivity index (χ2n) is 3.59. The first-order chi connectivity index (χ1) is 6.68. The van der Waals surface area contributed by atoms with Gasteiger partial charge in [0, 0.05) is 6.54 Å². The maximum absolute atomic E-state index is 11.5. The minimum Gasteiger partial charge on any atom is -0.266 e. The second kappa shape index (κ2) is 3.91. The van der Waals surface area contributed by atoms with Crippen LogP contribution in [0.2, 0.25) is 10.0 Å². The predicted molar refractivity (Wildman–Crippen MR) is 55.9 cm³/mol. The summed E-state index contributed by atoms with van der Waals surface area (Å²) in [5, 5.41) is 4.24. The highest BCUT2D eigenvalue weighted by molar-refractivity contribution is 6.41. The van der Waals surface area contributed by atoms with Gasteiger partial charge in [0.25, 0.3) is 5.56 Å². The highest BCUT2D eigenvalue weighted by Crippen LogP contribution is 2.27. The summed E-state index contributed by atoms with van der Waals surface area (Å²) in [4.78, 5) is 11.5. The molecule has 2 rings (SSSR count). The van der Waals surface area contributed by atoms with Crippen LogP contribution in [0.4, 0.5) is 0 Å². The minimum absolute atomic E-state index is 0.0704. The molecule has 0 atom stereocenters. The highest BCUT2D eigenvalue weighted by Gasteiger charge is 2.19. The Labute approximate surface area is 91.6 Å². The summed E-state index contributed by atoms with van der Waals surface area (Å²) in [6.45, 7) is 0.662. The van der Waals surface area contributed by atoms with Gasteiger partial charge >= 0.3 is 0 Å². The summed E-state index contributed by atoms with van der Waals surface area (Å²) >= 11 is 11.4. The Morgan fingerprint density at radius 2 is 2.21 bits per heavy atom. The smallest absolute Gasteiger partial charge is 0.266 e. The lowest BCUT2D eigenvalue weighted by Crippen LogP contribution is -2.29. The van der Waals surface area contributed by atoms with E-state index >= 15 is 0 Å². The predicted octanol–water partition coefficient (Wildman–Crippen LogP) is 2.35. The van der Waals surface area contributed by atoms with Crippen LogP contribution in [-0.4, -0.2) is 9.78 Å². The van der Waals surface area contributed by atoms with E-state index in [2.05, 4.69) is 5.10 Å². The third kappa shape index (κ3) is 1.79. The van der Waals surface area contributed by atoms with Gasteiger partial charge in [0.1, 0.15) is 5.02 Å². The molecule has 0 amide bonds. The van der Waals surface area contributed by atoms with Crippen LogP contribution < -0.4 is 5.56 Å². The van der Waals surface area contributed by atoms with E-state index in [1.165, 1.54) is 30.1 Å². The van der Waals surface area contributed by atoms with Crippen molar-refractivity contribution in [3.63, 3.8) is 0 Å². The third-order valence-electron chi connectivity index (χ3n) is 2.60. The first kappa shape index (κ1) is 9.99. The molecule has 1 saturated carbocycles. The lowest BCUT2D eigenvalue weighted by atomic mass is 9.85. The molecule has 0 bridgehead atoms. The van der Waals surface area contributed by atoms with Gasteiger partial charge in [-0.3, -0.25) is 4.79 Å². The van der Waals surface area contributed by atoms with Crippen LogP contribution in [0, 0.1) is 5.92 Å². The SMILES string of the molecule is O=c1c(Cl)c(Cl)cnn1CC1CCC1. The van der Waals surface area contributed by atoms with Crippen molar-refractivity contribution in [3.8, 4) is 0 Å². The Balaban J connectivity index is 2.25. The standard InChI is InChI=1S/C9H10Cl2N2O/c10-7-4-12-13(9(14)8(7)11)5-6-2-1-3-6/h4,6H,1-3,5H2. The minimum atomic E-state index is -0.286. The van der Waals surface area contributed by atoms with Gasteiger partial charge < -0.3 is 0 Å². The van der Waals surface area contributed by atoms with Crippen molar-refractivity contribution in [1.82, 2.24) is 9.78 Å². The molecule has 0 spiro atoms. The van der Waals surface area contributed by atoms with Crippen molar-refractivity contribution in [2.45, 2.75) is 25.8 Å². The Morgan fingerprint density at radius 3 is 2.79 bits per heavy atom. The van der Waals surface area contributed by atoms with E-state index in [1.54, 1.807) is 0 Å². The molecular formula is C9H10Cl2N2O. The first-order valence-electron chi connectivity index (χ1n) is 4.59. The molecule has 76 valence electrons. The molecule has 5 heteroatoms. The maximum atomic E-state index is 11.5. The van der Waals surface area contributed by atoms with Crippen LogP contribution in [-0.2, 0) is 6.54 Å². The molecular weight excluding hydrogens is 223 g/mol. The molecule has 0 N–H and O–H groups in total. The van der Waals surface area contributed by atoms with Crippen LogP contribution in [0.1, 0.15) is 19.3 Å². The van der Waals surface area contributed by atoms with Gasteiger partial charge in [-0.25, -0.2) is 4.68 Å². The Morgan fingerprint density at radius 1 is 1.50 bits per heavy atom. The summed E-state index contributed by atoms with van der Waals surface area (Å²) in [5.41, 5.74) is -0.286. The zero-order valence-electron chi connectivity index (χ0n) is 7.54. The first-order valence-corrected chi connectivity index (χ1v) is 5.35. The van der Waals surface area contributed by atoms with E-state index in [-0.39, 0.29) is 15.6 Å². The van der Waals surface area contributed by atoms with E-state index in [4.69, 9.17) is 23.2 Å². The molecule has 0 unspecified atom stereocenters. The van der Waals surface area contributed by atoms with E-state index in [0.29, 0.717) is 12.5 Å². The number of hydrogen-bond donors (Lipinski definition) is 0. The van der Waals surface area contributed by atoms with Gasteiger partial charge in [0.15, 0.2) is 0 Å². The fourth-order valence-electron chi connectivity index (χ4n) is 1.49. The molecule has 0 saturated heterocycles. The largest absolute Gasteiger partial charge is 0.287 e. The molecule has 1 aliphatic carbocycles. The van der Waals surface area contributed by atoms with Crippen molar-refractivity contribution in [2.24, 2.45) is 5.92 Å². The normalized spacial score (nSPS) is 16.7. The van der Waals surface area contributed by atoms with Gasteiger partial charge in [-0.1, -0.05) is 29.6 Å². The lowest BCUT2D eigenvalue weighted by Gasteiger charge is -2.25. The van der Waals surface area contributed by atoms with Crippen molar-refractivity contribution >= 4 is 23.2 Å². The number of halogens is 2. The molecule has 0 aliphatic heterocycles. The Kier molecular flexibility index (Phi) is 2.79. The molecule has 1 fully saturated rings. The van der Waals surface area contributed by atoms with Gasteiger partial charge in [0.05, 0.1) is 11.2 Å². The van der Waals surface area contributed by atoms with Gasteiger partial charge in [-0.2, -0.15) is 5.10 Å². The van der Waals surface area contributed by atoms with Crippen LogP contribution in [0.15, 0.2) is 11.0 Å². The number of aromatic nitrogens is 2. The van der Waals surface area contributed by atoms with Gasteiger partial charge in [0.2, 0.25) is 0 Å². The second-order valence-corrected chi connectivity index (χ2v) is 4.38. The molecule has 1 aromatic rings. The van der Waals surface area contributed by atoms with Crippen molar-refractivity contribution in [1.29, 1.82) is 0 Å². The van der Waals surface area contributed by atoms with Crippen LogP contribution in [0.3, 0.4) is 0 Å². The molecule has 14 heavy (non-hydrogen) atoms. The molecule has 1 aliphatic rings. The molecule has 0 radical (unpaired) electrons. The molecule has 1 aromatic heterocycles. The molecule has 3 nitrogen and oxygen atoms in total. The van der Waals surface area contributed by atoms with Crippen molar-refractivity contribution < 1.29 is 0 Å². The summed E-state index contributed by atoms with van der Waals surface area (Å²) in [7, 11) is 0. The van der Waals surface area contributed by atoms with Crippen molar-refractivity contribution in [3.05, 3.63) is 26.6 Å². The molecule has 1 heterocycles. The number of rotatable bonds is 2. The summed E-state index contributed by atoms with van der Waals surface area (Å²) in [5.74, 6) is 0.581. The van der Waals surface area contributed by atoms with Crippen LogP contribution in [0.25, 0.3) is 0 Å². The summed E-state index contributed by atoms with van der Waals surface area (Å²) in [6, 6.07) is 0. The number of hydrogen-bond acceptors (Lipinski definition) is 2. The van der Waals surface area contributed by atoms with Crippen LogP contribution in [0.5, 0.6) is 0 Å². The summed E-state index contributed by atoms with van der Waals surface area (Å²) in [6.07, 6.45) is 5.02. The molecule has 0 aromatic carbocycles. The maximum Gasteiger partial charge on any atom is 0.287 e. The average molecular weight is 233 g/mol. The van der Waals surface area contributed by atoms with Crippen molar-refractivity contribution in [2.75, 3.05) is 0 Å². The van der Waals surface area contributed by atoms with E-state index in [1.807, 2.05) is 0 Å². The Bertz CT molecular complexity index is 398. The lowest BCUT2D eigenvalue weighted by molar-refractivity contribution is 0.261. The van der Waals surface area contributed by atoms with Crippen LogP contribution >= 0.6 is 23.2 Å². The van der Waals surface area contributed by atoms with Gasteiger partial charge in [-0.05, 0) is 18.8 Å². The quantitative estimate of drug-likeness (QED) is 0.785. The average Bonchev–Trinajstić information content (AvgIpc) is 2.10. The fraction of sp³-hybridized carbons (Fsp3) is 0.556. The topological polar surface area (TPSA) is 34.9 Å².